The summed E-state index contributed by atoms with van der Waals surface area (Å²) in [7, 11) is 2.53. The van der Waals surface area contributed by atoms with Crippen LogP contribution in [0.15, 0.2) is 36.4 Å². The third-order valence-electron chi connectivity index (χ3n) is 4.71. The van der Waals surface area contributed by atoms with Gasteiger partial charge in [-0.2, -0.15) is 0 Å². The number of aromatic amines is 2. The molecule has 0 spiro atoms. The number of carbonyl (C=O) groups excluding carboxylic acids is 1. The SMILES string of the molecule is Cc1[nH]c2c(P)cc(F)cc2c1CCNC(=O)c1cc2cc(F)ccc2[nH]1. The summed E-state index contributed by atoms with van der Waals surface area (Å²) >= 11 is 0. The number of hydrogen-bond donors (Lipinski definition) is 3. The summed E-state index contributed by atoms with van der Waals surface area (Å²) in [5.41, 5.74) is 3.90. The molecule has 0 radical (unpaired) electrons. The Morgan fingerprint density at radius 1 is 1.11 bits per heavy atom. The lowest BCUT2D eigenvalue weighted by Gasteiger charge is -2.05. The molecule has 4 aromatic rings. The molecule has 0 fully saturated rings. The van der Waals surface area contributed by atoms with Crippen LogP contribution in [0, 0.1) is 18.6 Å². The van der Waals surface area contributed by atoms with Gasteiger partial charge in [-0.15, -0.1) is 9.24 Å². The Balaban J connectivity index is 1.50. The fourth-order valence-corrected chi connectivity index (χ4v) is 3.80. The third-order valence-corrected chi connectivity index (χ3v) is 5.17. The van der Waals surface area contributed by atoms with Gasteiger partial charge in [-0.1, -0.05) is 0 Å². The van der Waals surface area contributed by atoms with E-state index in [1.165, 1.54) is 24.3 Å². The van der Waals surface area contributed by atoms with Crippen molar-refractivity contribution in [2.24, 2.45) is 0 Å². The van der Waals surface area contributed by atoms with E-state index in [1.807, 2.05) is 6.92 Å². The van der Waals surface area contributed by atoms with Crippen LogP contribution in [0.1, 0.15) is 21.7 Å². The van der Waals surface area contributed by atoms with E-state index in [-0.39, 0.29) is 17.5 Å². The third kappa shape index (κ3) is 3.33. The molecule has 3 N–H and O–H groups in total. The van der Waals surface area contributed by atoms with Crippen LogP contribution >= 0.6 is 9.24 Å². The molecule has 0 saturated carbocycles. The van der Waals surface area contributed by atoms with Crippen LogP contribution in [-0.4, -0.2) is 22.4 Å². The molecule has 4 nitrogen and oxygen atoms in total. The van der Waals surface area contributed by atoms with E-state index in [4.69, 9.17) is 0 Å². The van der Waals surface area contributed by atoms with Gasteiger partial charge in [0.2, 0.25) is 0 Å². The molecule has 0 aliphatic rings. The first-order valence-electron chi connectivity index (χ1n) is 8.55. The molecule has 1 amide bonds. The quantitative estimate of drug-likeness (QED) is 0.461. The number of rotatable bonds is 4. The Hall–Kier alpha value is -2.72. The molecule has 27 heavy (non-hydrogen) atoms. The van der Waals surface area contributed by atoms with Gasteiger partial charge in [-0.3, -0.25) is 4.79 Å². The first kappa shape index (κ1) is 17.7. The molecule has 4 rings (SSSR count). The maximum Gasteiger partial charge on any atom is 0.267 e. The fourth-order valence-electron chi connectivity index (χ4n) is 3.41. The number of halogens is 2. The van der Waals surface area contributed by atoms with Gasteiger partial charge < -0.3 is 15.3 Å². The van der Waals surface area contributed by atoms with Gasteiger partial charge in [0.15, 0.2) is 0 Å². The largest absolute Gasteiger partial charge is 0.358 e. The Morgan fingerprint density at radius 3 is 2.74 bits per heavy atom. The van der Waals surface area contributed by atoms with Crippen LogP contribution in [0.25, 0.3) is 21.8 Å². The second-order valence-corrected chi connectivity index (χ2v) is 7.19. The first-order valence-corrected chi connectivity index (χ1v) is 9.13. The molecular weight excluding hydrogens is 367 g/mol. The van der Waals surface area contributed by atoms with Crippen molar-refractivity contribution in [3.8, 4) is 0 Å². The van der Waals surface area contributed by atoms with Crippen LogP contribution in [0.4, 0.5) is 8.78 Å². The smallest absolute Gasteiger partial charge is 0.267 e. The van der Waals surface area contributed by atoms with Crippen molar-refractivity contribution in [1.82, 2.24) is 15.3 Å². The monoisotopic (exact) mass is 385 g/mol. The van der Waals surface area contributed by atoms with Gasteiger partial charge in [-0.25, -0.2) is 8.78 Å². The fraction of sp³-hybridized carbons (Fsp3) is 0.150. The summed E-state index contributed by atoms with van der Waals surface area (Å²) in [6.07, 6.45) is 0.569. The van der Waals surface area contributed by atoms with Gasteiger partial charge in [0.05, 0.1) is 5.52 Å². The van der Waals surface area contributed by atoms with Gasteiger partial charge >= 0.3 is 0 Å². The molecule has 1 atom stereocenters. The number of aromatic nitrogens is 2. The number of H-pyrrole nitrogens is 2. The van der Waals surface area contributed by atoms with E-state index in [2.05, 4.69) is 24.5 Å². The van der Waals surface area contributed by atoms with Crippen molar-refractivity contribution in [2.45, 2.75) is 13.3 Å². The van der Waals surface area contributed by atoms with Gasteiger partial charge in [-0.05, 0) is 60.6 Å². The summed E-state index contributed by atoms with van der Waals surface area (Å²) in [5, 5.41) is 5.10. The number of aryl methyl sites for hydroxylation is 1. The topological polar surface area (TPSA) is 60.7 Å². The van der Waals surface area contributed by atoms with E-state index in [0.29, 0.717) is 29.6 Å². The Bertz CT molecular complexity index is 1180. The standard InChI is InChI=1S/C20H18F2N3OP/c1-10-14(15-8-13(22)9-18(27)19(15)24-10)4-5-23-20(26)17-7-11-6-12(21)2-3-16(11)25-17/h2-3,6-9,24-25H,4-5,27H2,1H3,(H,23,26). The average Bonchev–Trinajstić information content (AvgIpc) is 3.16. The average molecular weight is 385 g/mol. The summed E-state index contributed by atoms with van der Waals surface area (Å²) in [6, 6.07) is 8.93. The summed E-state index contributed by atoms with van der Waals surface area (Å²) in [5.74, 6) is -0.895. The molecule has 0 aliphatic carbocycles. The summed E-state index contributed by atoms with van der Waals surface area (Å²) in [4.78, 5) is 18.6. The number of hydrogen-bond acceptors (Lipinski definition) is 1. The van der Waals surface area contributed by atoms with E-state index in [9.17, 15) is 13.6 Å². The predicted octanol–water partition coefficient (Wildman–Crippen LogP) is 3.71. The Kier molecular flexibility index (Phi) is 4.44. The van der Waals surface area contributed by atoms with Gasteiger partial charge in [0, 0.05) is 28.5 Å². The van der Waals surface area contributed by atoms with E-state index < -0.39 is 0 Å². The van der Waals surface area contributed by atoms with Crippen LogP contribution in [0.3, 0.4) is 0 Å². The van der Waals surface area contributed by atoms with Crippen LogP contribution in [0.2, 0.25) is 0 Å². The maximum absolute atomic E-state index is 13.8. The highest BCUT2D eigenvalue weighted by Gasteiger charge is 2.13. The Morgan fingerprint density at radius 2 is 1.93 bits per heavy atom. The number of amides is 1. The molecule has 0 aliphatic heterocycles. The van der Waals surface area contributed by atoms with Gasteiger partial charge in [0.1, 0.15) is 17.3 Å². The number of benzene rings is 2. The highest BCUT2D eigenvalue weighted by Crippen LogP contribution is 2.23. The second-order valence-electron chi connectivity index (χ2n) is 6.57. The minimum atomic E-state index is -0.344. The van der Waals surface area contributed by atoms with Crippen LogP contribution in [-0.2, 0) is 6.42 Å². The highest BCUT2D eigenvalue weighted by atomic mass is 31.0. The normalized spacial score (nSPS) is 11.4. The summed E-state index contributed by atoms with van der Waals surface area (Å²) < 4.78 is 27.0. The van der Waals surface area contributed by atoms with E-state index >= 15 is 0 Å². The lowest BCUT2D eigenvalue weighted by Crippen LogP contribution is -2.26. The van der Waals surface area contributed by atoms with Crippen molar-refractivity contribution in [3.05, 3.63) is 65.0 Å². The molecule has 7 heteroatoms. The van der Waals surface area contributed by atoms with E-state index in [1.54, 1.807) is 12.1 Å². The molecule has 2 aromatic heterocycles. The number of fused-ring (bicyclic) bond motifs is 2. The van der Waals surface area contributed by atoms with E-state index in [0.717, 1.165) is 27.5 Å². The minimum Gasteiger partial charge on any atom is -0.358 e. The molecule has 2 aromatic carbocycles. The molecular formula is C20H18F2N3OP. The minimum absolute atomic E-state index is 0.262. The van der Waals surface area contributed by atoms with Gasteiger partial charge in [0.25, 0.3) is 5.91 Å². The van der Waals surface area contributed by atoms with Crippen molar-refractivity contribution in [1.29, 1.82) is 0 Å². The number of nitrogens with one attached hydrogen (secondary N) is 3. The lowest BCUT2D eigenvalue weighted by atomic mass is 10.1. The lowest BCUT2D eigenvalue weighted by molar-refractivity contribution is 0.0950. The second kappa shape index (κ2) is 6.78. The number of carbonyl (C=O) groups is 1. The highest BCUT2D eigenvalue weighted by molar-refractivity contribution is 7.28. The van der Waals surface area contributed by atoms with Crippen molar-refractivity contribution >= 4 is 42.3 Å². The maximum atomic E-state index is 13.8. The molecule has 2 heterocycles. The van der Waals surface area contributed by atoms with Crippen LogP contribution < -0.4 is 10.6 Å². The molecule has 0 saturated heterocycles. The van der Waals surface area contributed by atoms with Crippen molar-refractivity contribution in [3.63, 3.8) is 0 Å². The zero-order valence-corrected chi connectivity index (χ0v) is 15.8. The molecule has 0 bridgehead atoms. The zero-order valence-electron chi connectivity index (χ0n) is 14.6. The Labute approximate surface area is 156 Å². The zero-order chi connectivity index (χ0) is 19.1. The van der Waals surface area contributed by atoms with Crippen molar-refractivity contribution < 1.29 is 13.6 Å². The van der Waals surface area contributed by atoms with Crippen molar-refractivity contribution in [2.75, 3.05) is 6.54 Å². The van der Waals surface area contributed by atoms with Crippen LogP contribution in [0.5, 0.6) is 0 Å². The molecule has 1 unspecified atom stereocenters. The molecule has 138 valence electrons. The first-order chi connectivity index (χ1) is 12.9. The summed E-state index contributed by atoms with van der Waals surface area (Å²) in [6.45, 7) is 2.34. The predicted molar refractivity (Wildman–Crippen MR) is 107 cm³/mol.